The zero-order chi connectivity index (χ0) is 8.97. The van der Waals surface area contributed by atoms with Crippen molar-refractivity contribution in [2.24, 2.45) is 5.73 Å². The molecule has 0 aliphatic heterocycles. The highest BCUT2D eigenvalue weighted by Gasteiger charge is 2.02. The first-order chi connectivity index (χ1) is 5.79. The van der Waals surface area contributed by atoms with Gasteiger partial charge in [-0.3, -0.25) is 4.68 Å². The molecule has 3 heteroatoms. The van der Waals surface area contributed by atoms with E-state index in [4.69, 9.17) is 5.73 Å². The summed E-state index contributed by atoms with van der Waals surface area (Å²) in [5, 5.41) is 4.21. The molecule has 0 fully saturated rings. The van der Waals surface area contributed by atoms with Gasteiger partial charge in [-0.2, -0.15) is 5.10 Å². The molecule has 0 radical (unpaired) electrons. The van der Waals surface area contributed by atoms with E-state index in [2.05, 4.69) is 11.7 Å². The maximum absolute atomic E-state index is 5.52. The van der Waals surface area contributed by atoms with Crippen molar-refractivity contribution in [2.75, 3.05) is 0 Å². The molecule has 3 nitrogen and oxygen atoms in total. The molecule has 1 aromatic heterocycles. The summed E-state index contributed by atoms with van der Waals surface area (Å²) in [5.41, 5.74) is 7.81. The van der Waals surface area contributed by atoms with Gasteiger partial charge in [0.1, 0.15) is 0 Å². The Hall–Kier alpha value is -1.09. The molecule has 0 bridgehead atoms. The van der Waals surface area contributed by atoms with Gasteiger partial charge in [-0.15, -0.1) is 6.58 Å². The van der Waals surface area contributed by atoms with Crippen molar-refractivity contribution in [1.29, 1.82) is 0 Å². The summed E-state index contributed by atoms with van der Waals surface area (Å²) in [6, 6.07) is 0. The molecule has 66 valence electrons. The number of nitrogens with two attached hydrogens (primary N) is 1. The maximum Gasteiger partial charge on any atom is 0.0537 e. The van der Waals surface area contributed by atoms with Gasteiger partial charge in [0.15, 0.2) is 0 Å². The standard InChI is InChI=1S/C9H15N3/c1-3-4-5-12-8(2)9(6-10)7-11-12/h3,7H,1,4-6,10H2,2H3. The van der Waals surface area contributed by atoms with Gasteiger partial charge in [0.05, 0.1) is 6.20 Å². The predicted molar refractivity (Wildman–Crippen MR) is 49.7 cm³/mol. The van der Waals surface area contributed by atoms with Crippen molar-refractivity contribution in [3.8, 4) is 0 Å². The van der Waals surface area contributed by atoms with Crippen molar-refractivity contribution in [3.05, 3.63) is 30.1 Å². The van der Waals surface area contributed by atoms with Crippen LogP contribution in [0.5, 0.6) is 0 Å². The van der Waals surface area contributed by atoms with Crippen LogP contribution in [0.2, 0.25) is 0 Å². The van der Waals surface area contributed by atoms with Crippen molar-refractivity contribution < 1.29 is 0 Å². The summed E-state index contributed by atoms with van der Waals surface area (Å²) in [6.07, 6.45) is 4.67. The van der Waals surface area contributed by atoms with Crippen LogP contribution in [-0.2, 0) is 13.1 Å². The Bertz CT molecular complexity index is 263. The Kier molecular flexibility index (Phi) is 3.05. The number of allylic oxidation sites excluding steroid dienone is 1. The summed E-state index contributed by atoms with van der Waals surface area (Å²) in [4.78, 5) is 0. The molecule has 1 heterocycles. The van der Waals surface area contributed by atoms with E-state index >= 15 is 0 Å². The van der Waals surface area contributed by atoms with Crippen molar-refractivity contribution >= 4 is 0 Å². The monoisotopic (exact) mass is 165 g/mol. The average molecular weight is 165 g/mol. The van der Waals surface area contributed by atoms with Crippen LogP contribution < -0.4 is 5.73 Å². The van der Waals surface area contributed by atoms with Crippen LogP contribution in [0, 0.1) is 6.92 Å². The van der Waals surface area contributed by atoms with Gasteiger partial charge >= 0.3 is 0 Å². The summed E-state index contributed by atoms with van der Waals surface area (Å²) in [7, 11) is 0. The molecule has 0 aliphatic rings. The SMILES string of the molecule is C=CCCn1ncc(CN)c1C. The molecule has 0 saturated heterocycles. The zero-order valence-corrected chi connectivity index (χ0v) is 7.45. The first kappa shape index (κ1) is 9.00. The van der Waals surface area contributed by atoms with Gasteiger partial charge in [-0.25, -0.2) is 0 Å². The maximum atomic E-state index is 5.52. The Labute approximate surface area is 72.9 Å². The fourth-order valence-corrected chi connectivity index (χ4v) is 1.12. The minimum atomic E-state index is 0.569. The molecule has 0 amide bonds. The van der Waals surface area contributed by atoms with Crippen LogP contribution in [0.25, 0.3) is 0 Å². The summed E-state index contributed by atoms with van der Waals surface area (Å²) in [5.74, 6) is 0. The van der Waals surface area contributed by atoms with E-state index in [1.54, 1.807) is 0 Å². The second-order valence-electron chi connectivity index (χ2n) is 2.76. The Morgan fingerprint density at radius 1 is 1.75 bits per heavy atom. The molecule has 0 saturated carbocycles. The summed E-state index contributed by atoms with van der Waals surface area (Å²) < 4.78 is 1.96. The average Bonchev–Trinajstić information content (AvgIpc) is 2.43. The predicted octanol–water partition coefficient (Wildman–Crippen LogP) is 1.23. The van der Waals surface area contributed by atoms with Crippen LogP contribution in [0.3, 0.4) is 0 Å². The topological polar surface area (TPSA) is 43.8 Å². The molecule has 0 unspecified atom stereocenters. The third kappa shape index (κ3) is 1.74. The lowest BCUT2D eigenvalue weighted by Gasteiger charge is -2.01. The second-order valence-corrected chi connectivity index (χ2v) is 2.76. The lowest BCUT2D eigenvalue weighted by atomic mass is 10.2. The van der Waals surface area contributed by atoms with Crippen molar-refractivity contribution in [2.45, 2.75) is 26.4 Å². The van der Waals surface area contributed by atoms with E-state index in [0.717, 1.165) is 18.5 Å². The summed E-state index contributed by atoms with van der Waals surface area (Å²) >= 11 is 0. The molecule has 0 aromatic carbocycles. The first-order valence-electron chi connectivity index (χ1n) is 4.12. The number of hydrogen-bond donors (Lipinski definition) is 1. The molecule has 0 atom stereocenters. The van der Waals surface area contributed by atoms with Gasteiger partial charge < -0.3 is 5.73 Å². The molecule has 0 aliphatic carbocycles. The third-order valence-electron chi connectivity index (χ3n) is 1.97. The lowest BCUT2D eigenvalue weighted by molar-refractivity contribution is 0.605. The van der Waals surface area contributed by atoms with Crippen LogP contribution in [0.15, 0.2) is 18.9 Å². The van der Waals surface area contributed by atoms with Crippen molar-refractivity contribution in [3.63, 3.8) is 0 Å². The van der Waals surface area contributed by atoms with Crippen LogP contribution in [-0.4, -0.2) is 9.78 Å². The van der Waals surface area contributed by atoms with Crippen molar-refractivity contribution in [1.82, 2.24) is 9.78 Å². The fraction of sp³-hybridized carbons (Fsp3) is 0.444. The van der Waals surface area contributed by atoms with Gasteiger partial charge in [0.2, 0.25) is 0 Å². The molecule has 0 spiro atoms. The summed E-state index contributed by atoms with van der Waals surface area (Å²) in [6.45, 7) is 7.17. The quantitative estimate of drug-likeness (QED) is 0.682. The van der Waals surface area contributed by atoms with E-state index < -0.39 is 0 Å². The molecule has 1 aromatic rings. The Balaban J connectivity index is 2.72. The number of hydrogen-bond acceptors (Lipinski definition) is 2. The largest absolute Gasteiger partial charge is 0.326 e. The highest BCUT2D eigenvalue weighted by atomic mass is 15.3. The second kappa shape index (κ2) is 4.07. The first-order valence-corrected chi connectivity index (χ1v) is 4.12. The molecule has 12 heavy (non-hydrogen) atoms. The van der Waals surface area contributed by atoms with E-state index in [-0.39, 0.29) is 0 Å². The Morgan fingerprint density at radius 2 is 2.50 bits per heavy atom. The molecular formula is C9H15N3. The minimum Gasteiger partial charge on any atom is -0.326 e. The Morgan fingerprint density at radius 3 is 3.00 bits per heavy atom. The fourth-order valence-electron chi connectivity index (χ4n) is 1.12. The third-order valence-corrected chi connectivity index (χ3v) is 1.97. The number of aryl methyl sites for hydroxylation is 1. The van der Waals surface area contributed by atoms with Crippen LogP contribution >= 0.6 is 0 Å². The van der Waals surface area contributed by atoms with E-state index in [1.165, 1.54) is 5.69 Å². The van der Waals surface area contributed by atoms with E-state index in [9.17, 15) is 0 Å². The van der Waals surface area contributed by atoms with E-state index in [0.29, 0.717) is 6.54 Å². The van der Waals surface area contributed by atoms with Crippen LogP contribution in [0.4, 0.5) is 0 Å². The van der Waals surface area contributed by atoms with E-state index in [1.807, 2.05) is 23.9 Å². The zero-order valence-electron chi connectivity index (χ0n) is 7.45. The normalized spacial score (nSPS) is 10.2. The molecule has 2 N–H and O–H groups in total. The molecule has 1 rings (SSSR count). The van der Waals surface area contributed by atoms with Gasteiger partial charge in [0.25, 0.3) is 0 Å². The van der Waals surface area contributed by atoms with Gasteiger partial charge in [-0.05, 0) is 13.3 Å². The number of nitrogens with zero attached hydrogens (tertiary/aromatic N) is 2. The highest BCUT2D eigenvalue weighted by Crippen LogP contribution is 2.06. The molecular weight excluding hydrogens is 150 g/mol. The number of aromatic nitrogens is 2. The highest BCUT2D eigenvalue weighted by molar-refractivity contribution is 5.15. The number of rotatable bonds is 4. The van der Waals surface area contributed by atoms with Crippen LogP contribution in [0.1, 0.15) is 17.7 Å². The smallest absolute Gasteiger partial charge is 0.0537 e. The lowest BCUT2D eigenvalue weighted by Crippen LogP contribution is -2.03. The van der Waals surface area contributed by atoms with Gasteiger partial charge in [-0.1, -0.05) is 6.08 Å². The minimum absolute atomic E-state index is 0.569. The van der Waals surface area contributed by atoms with Gasteiger partial charge in [0, 0.05) is 24.3 Å².